The van der Waals surface area contributed by atoms with Gasteiger partial charge in [0.2, 0.25) is 0 Å². The molecule has 2 amide bonds. The highest BCUT2D eigenvalue weighted by Gasteiger charge is 2.36. The van der Waals surface area contributed by atoms with E-state index >= 15 is 0 Å². The first kappa shape index (κ1) is 13.8. The van der Waals surface area contributed by atoms with Crippen molar-refractivity contribution in [3.05, 3.63) is 11.9 Å². The number of nitrogens with one attached hydrogen (secondary N) is 1. The van der Waals surface area contributed by atoms with E-state index in [0.29, 0.717) is 17.7 Å². The number of amides is 2. The van der Waals surface area contributed by atoms with Crippen LogP contribution in [0.5, 0.6) is 0 Å². The molecule has 8 heteroatoms. The second kappa shape index (κ2) is 5.71. The van der Waals surface area contributed by atoms with Gasteiger partial charge in [0, 0.05) is 12.6 Å². The fourth-order valence-corrected chi connectivity index (χ4v) is 2.27. The van der Waals surface area contributed by atoms with Crippen LogP contribution in [0.2, 0.25) is 0 Å². The molecule has 0 spiro atoms. The maximum absolute atomic E-state index is 12.2. The second-order valence-corrected chi connectivity index (χ2v) is 5.79. The zero-order chi connectivity index (χ0) is 14.8. The topological polar surface area (TPSA) is 100 Å². The first-order chi connectivity index (χ1) is 10.1. The Morgan fingerprint density at radius 3 is 2.76 bits per heavy atom. The molecule has 2 aliphatic rings. The molecule has 0 unspecified atom stereocenters. The van der Waals surface area contributed by atoms with Crippen molar-refractivity contribution in [1.29, 1.82) is 0 Å². The van der Waals surface area contributed by atoms with Crippen LogP contribution >= 0.6 is 0 Å². The standard InChI is InChI=1S/C13H19N5O3/c19-12(20)8-17-7-10(15-16-17)5-14-13(21)18(11-3-4-11)6-9-1-2-9/h7,9,11H,1-6,8H2,(H,14,21)(H,19,20). The molecule has 0 atom stereocenters. The summed E-state index contributed by atoms with van der Waals surface area (Å²) in [6, 6.07) is 0.338. The molecule has 0 radical (unpaired) electrons. The predicted molar refractivity (Wildman–Crippen MR) is 72.3 cm³/mol. The van der Waals surface area contributed by atoms with Crippen LogP contribution in [0.15, 0.2) is 6.20 Å². The monoisotopic (exact) mass is 293 g/mol. The first-order valence-corrected chi connectivity index (χ1v) is 7.27. The molecule has 0 aliphatic heterocycles. The largest absolute Gasteiger partial charge is 0.480 e. The third-order valence-corrected chi connectivity index (χ3v) is 3.70. The van der Waals surface area contributed by atoms with Crippen molar-refractivity contribution in [3.63, 3.8) is 0 Å². The molecule has 2 aliphatic carbocycles. The molecule has 0 aromatic carbocycles. The van der Waals surface area contributed by atoms with Gasteiger partial charge >= 0.3 is 12.0 Å². The van der Waals surface area contributed by atoms with E-state index in [4.69, 9.17) is 5.11 Å². The lowest BCUT2D eigenvalue weighted by molar-refractivity contribution is -0.137. The molecular formula is C13H19N5O3. The lowest BCUT2D eigenvalue weighted by atomic mass is 10.3. The van der Waals surface area contributed by atoms with Crippen LogP contribution in [0.1, 0.15) is 31.4 Å². The number of nitrogens with zero attached hydrogens (tertiary/aromatic N) is 4. The Hall–Kier alpha value is -2.12. The lowest BCUT2D eigenvalue weighted by Crippen LogP contribution is -2.42. The summed E-state index contributed by atoms with van der Waals surface area (Å²) in [7, 11) is 0. The number of carbonyl (C=O) groups excluding carboxylic acids is 1. The van der Waals surface area contributed by atoms with E-state index in [0.717, 1.165) is 19.4 Å². The maximum atomic E-state index is 12.2. The summed E-state index contributed by atoms with van der Waals surface area (Å²) in [5.41, 5.74) is 0.562. The summed E-state index contributed by atoms with van der Waals surface area (Å²) < 4.78 is 1.24. The number of carboxylic acid groups (broad SMARTS) is 1. The number of hydrogen-bond donors (Lipinski definition) is 2. The Kier molecular flexibility index (Phi) is 3.76. The van der Waals surface area contributed by atoms with Gasteiger partial charge < -0.3 is 15.3 Å². The van der Waals surface area contributed by atoms with Crippen LogP contribution in [0, 0.1) is 5.92 Å². The van der Waals surface area contributed by atoms with Crippen LogP contribution in [-0.4, -0.2) is 49.6 Å². The number of hydrogen-bond acceptors (Lipinski definition) is 4. The van der Waals surface area contributed by atoms with Gasteiger partial charge in [-0.25, -0.2) is 9.48 Å². The summed E-state index contributed by atoms with van der Waals surface area (Å²) >= 11 is 0. The van der Waals surface area contributed by atoms with Crippen molar-refractivity contribution in [3.8, 4) is 0 Å². The molecule has 1 heterocycles. The van der Waals surface area contributed by atoms with E-state index in [2.05, 4.69) is 15.6 Å². The van der Waals surface area contributed by atoms with Gasteiger partial charge in [0.25, 0.3) is 0 Å². The molecule has 3 rings (SSSR count). The average Bonchev–Trinajstić information content (AvgIpc) is 3.33. The molecule has 8 nitrogen and oxygen atoms in total. The van der Waals surface area contributed by atoms with Gasteiger partial charge in [-0.1, -0.05) is 5.21 Å². The Morgan fingerprint density at radius 1 is 1.38 bits per heavy atom. The summed E-state index contributed by atoms with van der Waals surface area (Å²) in [5.74, 6) is -0.299. The molecular weight excluding hydrogens is 274 g/mol. The number of urea groups is 1. The fraction of sp³-hybridized carbons (Fsp3) is 0.692. The van der Waals surface area contributed by atoms with Gasteiger partial charge in [-0.3, -0.25) is 4.79 Å². The minimum absolute atomic E-state index is 0.0582. The van der Waals surface area contributed by atoms with Crippen LogP contribution in [0.25, 0.3) is 0 Å². The van der Waals surface area contributed by atoms with Gasteiger partial charge in [-0.05, 0) is 31.6 Å². The Balaban J connectivity index is 1.49. The second-order valence-electron chi connectivity index (χ2n) is 5.79. The van der Waals surface area contributed by atoms with Crippen molar-refractivity contribution in [1.82, 2.24) is 25.2 Å². The van der Waals surface area contributed by atoms with E-state index in [-0.39, 0.29) is 19.1 Å². The zero-order valence-electron chi connectivity index (χ0n) is 11.7. The number of rotatable bonds is 7. The highest BCUT2D eigenvalue weighted by molar-refractivity contribution is 5.75. The molecule has 2 N–H and O–H groups in total. The van der Waals surface area contributed by atoms with Crippen LogP contribution in [-0.2, 0) is 17.9 Å². The van der Waals surface area contributed by atoms with Gasteiger partial charge in [-0.2, -0.15) is 0 Å². The van der Waals surface area contributed by atoms with Gasteiger partial charge in [0.05, 0.1) is 12.7 Å². The summed E-state index contributed by atoms with van der Waals surface area (Å²) in [6.07, 6.45) is 6.17. The number of aromatic nitrogens is 3. The molecule has 2 fully saturated rings. The van der Waals surface area contributed by atoms with Crippen molar-refractivity contribution >= 4 is 12.0 Å². The Morgan fingerprint density at radius 2 is 2.14 bits per heavy atom. The normalized spacial score (nSPS) is 17.5. The number of carbonyl (C=O) groups is 2. The summed E-state index contributed by atoms with van der Waals surface area (Å²) in [5, 5.41) is 19.1. The van der Waals surface area contributed by atoms with Crippen LogP contribution in [0.4, 0.5) is 4.79 Å². The Labute approximate surface area is 122 Å². The quantitative estimate of drug-likeness (QED) is 0.760. The van der Waals surface area contributed by atoms with Crippen molar-refractivity contribution < 1.29 is 14.7 Å². The van der Waals surface area contributed by atoms with E-state index in [1.807, 2.05) is 4.90 Å². The highest BCUT2D eigenvalue weighted by atomic mass is 16.4. The molecule has 0 bridgehead atoms. The third-order valence-electron chi connectivity index (χ3n) is 3.70. The van der Waals surface area contributed by atoms with Crippen molar-refractivity contribution in [2.45, 2.75) is 44.8 Å². The van der Waals surface area contributed by atoms with E-state index < -0.39 is 5.97 Å². The smallest absolute Gasteiger partial charge is 0.325 e. The zero-order valence-corrected chi connectivity index (χ0v) is 11.7. The molecule has 0 saturated heterocycles. The van der Waals surface area contributed by atoms with Gasteiger partial charge in [0.15, 0.2) is 0 Å². The molecule has 114 valence electrons. The highest BCUT2D eigenvalue weighted by Crippen LogP contribution is 2.34. The van der Waals surface area contributed by atoms with Crippen LogP contribution < -0.4 is 5.32 Å². The number of carboxylic acids is 1. The number of aliphatic carboxylic acids is 1. The SMILES string of the molecule is O=C(O)Cn1cc(CNC(=O)N(CC2CC2)C2CC2)nn1. The van der Waals surface area contributed by atoms with Crippen LogP contribution in [0.3, 0.4) is 0 Å². The maximum Gasteiger partial charge on any atom is 0.325 e. The summed E-state index contributed by atoms with van der Waals surface area (Å²) in [6.45, 7) is 0.894. The van der Waals surface area contributed by atoms with Crippen molar-refractivity contribution in [2.24, 2.45) is 5.92 Å². The minimum Gasteiger partial charge on any atom is -0.480 e. The van der Waals surface area contributed by atoms with E-state index in [1.165, 1.54) is 23.7 Å². The van der Waals surface area contributed by atoms with E-state index in [1.54, 1.807) is 0 Å². The fourth-order valence-electron chi connectivity index (χ4n) is 2.27. The lowest BCUT2D eigenvalue weighted by Gasteiger charge is -2.22. The Bertz CT molecular complexity index is 536. The molecule has 21 heavy (non-hydrogen) atoms. The average molecular weight is 293 g/mol. The van der Waals surface area contributed by atoms with E-state index in [9.17, 15) is 9.59 Å². The predicted octanol–water partition coefficient (Wildman–Crippen LogP) is 0.447. The van der Waals surface area contributed by atoms with Gasteiger partial charge in [-0.15, -0.1) is 5.10 Å². The first-order valence-electron chi connectivity index (χ1n) is 7.27. The summed E-state index contributed by atoms with van der Waals surface area (Å²) in [4.78, 5) is 24.7. The molecule has 1 aromatic rings. The van der Waals surface area contributed by atoms with Gasteiger partial charge in [0.1, 0.15) is 12.2 Å². The molecule has 1 aromatic heterocycles. The molecule has 2 saturated carbocycles. The van der Waals surface area contributed by atoms with Crippen molar-refractivity contribution in [2.75, 3.05) is 6.54 Å². The third kappa shape index (κ3) is 3.93. The minimum atomic E-state index is -0.972.